The van der Waals surface area contributed by atoms with Gasteiger partial charge in [-0.05, 0) is 46.5 Å². The van der Waals surface area contributed by atoms with E-state index in [1.165, 1.54) is 32.7 Å². The van der Waals surface area contributed by atoms with Crippen LogP contribution < -0.4 is 0 Å². The minimum absolute atomic E-state index is 0. The van der Waals surface area contributed by atoms with Crippen molar-refractivity contribution in [1.82, 2.24) is 0 Å². The third kappa shape index (κ3) is 2.24. The first-order valence-electron chi connectivity index (χ1n) is 5.65. The van der Waals surface area contributed by atoms with Gasteiger partial charge in [0.25, 0.3) is 0 Å². The van der Waals surface area contributed by atoms with E-state index in [9.17, 15) is 0 Å². The van der Waals surface area contributed by atoms with Gasteiger partial charge < -0.3 is 0 Å². The Labute approximate surface area is 130 Å². The molecule has 0 aromatic heterocycles. The van der Waals surface area contributed by atoms with Gasteiger partial charge in [0, 0.05) is 0 Å². The van der Waals surface area contributed by atoms with Gasteiger partial charge in [-0.25, -0.2) is 0 Å². The number of hydrogen-bond donors (Lipinski definition) is 0. The molecule has 2 heteroatoms. The molecule has 0 amide bonds. The Morgan fingerprint density at radius 2 is 0.722 bits per heavy atom. The van der Waals surface area contributed by atoms with Crippen LogP contribution in [-0.2, 0) is 0 Å². The van der Waals surface area contributed by atoms with E-state index < -0.39 is 0 Å². The summed E-state index contributed by atoms with van der Waals surface area (Å²) in [5.74, 6) is 0. The van der Waals surface area contributed by atoms with Crippen LogP contribution in [0.15, 0.2) is 48.5 Å². The van der Waals surface area contributed by atoms with Gasteiger partial charge in [-0.2, -0.15) is 0 Å². The van der Waals surface area contributed by atoms with Crippen LogP contribution in [0.1, 0.15) is 11.1 Å². The standard InChI is InChI=1S/C16H14.2GeH4/c1-11-13-7-3-5-9-15(13)12(2)16-10-6-4-8-14(11)16;;/h3-10H,1-2H3;2*1H4. The Balaban J connectivity index is 0.000000810. The van der Waals surface area contributed by atoms with Crippen molar-refractivity contribution in [1.29, 1.82) is 0 Å². The van der Waals surface area contributed by atoms with Crippen LogP contribution in [0, 0.1) is 13.8 Å². The van der Waals surface area contributed by atoms with Crippen LogP contribution in [0.4, 0.5) is 0 Å². The molecule has 0 unspecified atom stereocenters. The number of benzene rings is 3. The summed E-state index contributed by atoms with van der Waals surface area (Å²) in [6.07, 6.45) is 0. The summed E-state index contributed by atoms with van der Waals surface area (Å²) < 4.78 is 0. The Bertz CT molecular complexity index is 570. The molecule has 3 rings (SSSR count). The maximum atomic E-state index is 2.21. The van der Waals surface area contributed by atoms with Gasteiger partial charge in [-0.3, -0.25) is 0 Å². The monoisotopic (exact) mass is 362 g/mol. The van der Waals surface area contributed by atoms with Gasteiger partial charge in [-0.15, -0.1) is 0 Å². The predicted octanol–water partition coefficient (Wildman–Crippen LogP) is 1.71. The van der Waals surface area contributed by atoms with Crippen molar-refractivity contribution >= 4 is 56.7 Å². The topological polar surface area (TPSA) is 0 Å². The molecule has 0 fully saturated rings. The molecule has 0 aliphatic rings. The first-order valence-corrected chi connectivity index (χ1v) is 5.65. The zero-order valence-corrected chi connectivity index (χ0v) is 9.62. The van der Waals surface area contributed by atoms with E-state index in [-0.39, 0.29) is 35.2 Å². The molecule has 0 radical (unpaired) electrons. The zero-order chi connectivity index (χ0) is 11.1. The Kier molecular flexibility index (Phi) is 5.06. The van der Waals surface area contributed by atoms with Crippen LogP contribution in [-0.4, -0.2) is 35.2 Å². The van der Waals surface area contributed by atoms with Crippen molar-refractivity contribution in [3.8, 4) is 0 Å². The fraction of sp³-hybridized carbons (Fsp3) is 0.125. The second-order valence-corrected chi connectivity index (χ2v) is 4.34. The minimum atomic E-state index is 0. The van der Waals surface area contributed by atoms with Gasteiger partial charge in [0.2, 0.25) is 0 Å². The molecule has 0 aliphatic heterocycles. The van der Waals surface area contributed by atoms with E-state index in [2.05, 4.69) is 62.4 Å². The van der Waals surface area contributed by atoms with Gasteiger partial charge in [0.1, 0.15) is 0 Å². The van der Waals surface area contributed by atoms with Gasteiger partial charge in [0.05, 0.1) is 0 Å². The average Bonchev–Trinajstić information content (AvgIpc) is 2.36. The fourth-order valence-electron chi connectivity index (χ4n) is 2.56. The molecule has 0 spiro atoms. The van der Waals surface area contributed by atoms with E-state index in [1.54, 1.807) is 0 Å². The summed E-state index contributed by atoms with van der Waals surface area (Å²) in [6, 6.07) is 17.3. The summed E-state index contributed by atoms with van der Waals surface area (Å²) in [5, 5.41) is 5.50. The molecule has 3 aromatic carbocycles. The molecular formula is C16H22Ge2. The molecule has 0 N–H and O–H groups in total. The molecule has 0 nitrogen and oxygen atoms in total. The fourth-order valence-corrected chi connectivity index (χ4v) is 2.56. The van der Waals surface area contributed by atoms with Crippen molar-refractivity contribution in [3.63, 3.8) is 0 Å². The second kappa shape index (κ2) is 5.94. The first kappa shape index (κ1) is 15.3. The molecule has 0 saturated carbocycles. The van der Waals surface area contributed by atoms with Gasteiger partial charge >= 0.3 is 35.2 Å². The zero-order valence-electron chi connectivity index (χ0n) is 9.62. The first-order chi connectivity index (χ1) is 7.79. The van der Waals surface area contributed by atoms with Crippen LogP contribution in [0.25, 0.3) is 21.5 Å². The number of rotatable bonds is 0. The predicted molar refractivity (Wildman–Crippen MR) is 93.6 cm³/mol. The van der Waals surface area contributed by atoms with Crippen molar-refractivity contribution in [2.45, 2.75) is 13.8 Å². The molecule has 0 saturated heterocycles. The SMILES string of the molecule is Cc1c2ccccc2c(C)c2ccccc12.[GeH4].[GeH4]. The average molecular weight is 360 g/mol. The third-order valence-electron chi connectivity index (χ3n) is 3.47. The van der Waals surface area contributed by atoms with Crippen LogP contribution in [0.2, 0.25) is 0 Å². The Hall–Kier alpha value is -0.734. The molecule has 0 atom stereocenters. The third-order valence-corrected chi connectivity index (χ3v) is 3.47. The summed E-state index contributed by atoms with van der Waals surface area (Å²) >= 11 is 0. The number of fused-ring (bicyclic) bond motifs is 2. The molecule has 0 aliphatic carbocycles. The molecule has 0 bridgehead atoms. The maximum absolute atomic E-state index is 2.21. The van der Waals surface area contributed by atoms with Gasteiger partial charge in [0.15, 0.2) is 0 Å². The Morgan fingerprint density at radius 3 is 0.944 bits per heavy atom. The van der Waals surface area contributed by atoms with Crippen molar-refractivity contribution in [2.24, 2.45) is 0 Å². The van der Waals surface area contributed by atoms with E-state index in [0.717, 1.165) is 0 Å². The van der Waals surface area contributed by atoms with E-state index in [4.69, 9.17) is 0 Å². The van der Waals surface area contributed by atoms with E-state index >= 15 is 0 Å². The summed E-state index contributed by atoms with van der Waals surface area (Å²) in [5.41, 5.74) is 2.77. The number of aryl methyl sites for hydroxylation is 2. The normalized spacial score (nSPS) is 9.89. The molecule has 94 valence electrons. The van der Waals surface area contributed by atoms with Crippen LogP contribution >= 0.6 is 0 Å². The molecule has 3 aromatic rings. The Morgan fingerprint density at radius 1 is 0.500 bits per heavy atom. The summed E-state index contributed by atoms with van der Waals surface area (Å²) in [4.78, 5) is 0. The van der Waals surface area contributed by atoms with Crippen LogP contribution in [0.5, 0.6) is 0 Å². The van der Waals surface area contributed by atoms with Crippen LogP contribution in [0.3, 0.4) is 0 Å². The quantitative estimate of drug-likeness (QED) is 0.423. The summed E-state index contributed by atoms with van der Waals surface area (Å²) in [7, 11) is 0. The molecular weight excluding hydrogens is 337 g/mol. The number of hydrogen-bond acceptors (Lipinski definition) is 0. The molecule has 0 heterocycles. The van der Waals surface area contributed by atoms with Gasteiger partial charge in [-0.1, -0.05) is 48.5 Å². The summed E-state index contributed by atoms with van der Waals surface area (Å²) in [6.45, 7) is 4.42. The van der Waals surface area contributed by atoms with E-state index in [1.807, 2.05) is 0 Å². The van der Waals surface area contributed by atoms with E-state index in [0.29, 0.717) is 0 Å². The van der Waals surface area contributed by atoms with Crippen molar-refractivity contribution in [3.05, 3.63) is 59.7 Å². The second-order valence-electron chi connectivity index (χ2n) is 4.34. The van der Waals surface area contributed by atoms with Crippen molar-refractivity contribution < 1.29 is 0 Å². The molecule has 18 heavy (non-hydrogen) atoms. The van der Waals surface area contributed by atoms with Crippen molar-refractivity contribution in [2.75, 3.05) is 0 Å².